The Morgan fingerprint density at radius 1 is 1.35 bits per heavy atom. The lowest BCUT2D eigenvalue weighted by Gasteiger charge is -2.22. The number of nitrogens with zero attached hydrogens (tertiary/aromatic N) is 5. The molecule has 0 atom stereocenters. The monoisotopic (exact) mass is 334 g/mol. The lowest BCUT2D eigenvalue weighted by atomic mass is 10.1. The van der Waals surface area contributed by atoms with Crippen molar-refractivity contribution in [3.05, 3.63) is 29.8 Å². The Bertz CT molecular complexity index is 813. The molecule has 9 heteroatoms. The largest absolute Gasteiger partial charge is 0.381 e. The molecule has 1 N–H and O–H groups in total. The fraction of sp³-hybridized carbons (Fsp3) is 0.429. The van der Waals surface area contributed by atoms with E-state index in [0.717, 1.165) is 31.2 Å². The van der Waals surface area contributed by atoms with Crippen molar-refractivity contribution in [2.24, 2.45) is 0 Å². The van der Waals surface area contributed by atoms with Gasteiger partial charge in [0.25, 0.3) is 0 Å². The molecule has 4 rings (SSSR count). The minimum absolute atomic E-state index is 0.273. The molecule has 7 nitrogen and oxygen atoms in total. The number of benzene rings is 1. The summed E-state index contributed by atoms with van der Waals surface area (Å²) in [6.45, 7) is 1.47. The van der Waals surface area contributed by atoms with Gasteiger partial charge in [-0.15, -0.1) is 5.10 Å². The second kappa shape index (κ2) is 6.25. The standard InChI is InChI=1S/C14H15FN6OS/c15-10-2-1-3-11-13(10)17-12(16-11)8-23-14-18-19-20-21(14)9-4-6-22-7-5-9/h1-3,9H,4-8H2,(H,16,17). The third kappa shape index (κ3) is 2.93. The summed E-state index contributed by atoms with van der Waals surface area (Å²) in [6.07, 6.45) is 1.82. The van der Waals surface area contributed by atoms with Crippen LogP contribution in [-0.4, -0.2) is 43.4 Å². The highest BCUT2D eigenvalue weighted by Crippen LogP contribution is 2.27. The van der Waals surface area contributed by atoms with Crippen molar-refractivity contribution < 1.29 is 9.13 Å². The molecule has 1 aliphatic heterocycles. The maximum absolute atomic E-state index is 13.7. The van der Waals surface area contributed by atoms with E-state index in [1.807, 2.05) is 10.7 Å². The molecule has 3 aromatic rings. The molecule has 23 heavy (non-hydrogen) atoms. The number of fused-ring (bicyclic) bond motifs is 1. The van der Waals surface area contributed by atoms with Crippen LogP contribution in [0.3, 0.4) is 0 Å². The quantitative estimate of drug-likeness (QED) is 0.738. The number of tetrazole rings is 1. The number of thioether (sulfide) groups is 1. The molecule has 0 aliphatic carbocycles. The lowest BCUT2D eigenvalue weighted by molar-refractivity contribution is 0.0631. The minimum atomic E-state index is -0.318. The molecule has 1 aliphatic rings. The van der Waals surface area contributed by atoms with Gasteiger partial charge in [0.05, 0.1) is 17.3 Å². The predicted octanol–water partition coefficient (Wildman–Crippen LogP) is 2.33. The van der Waals surface area contributed by atoms with Gasteiger partial charge in [0, 0.05) is 13.2 Å². The molecule has 120 valence electrons. The number of rotatable bonds is 4. The maximum Gasteiger partial charge on any atom is 0.210 e. The number of aromatic nitrogens is 6. The van der Waals surface area contributed by atoms with Crippen LogP contribution in [0.1, 0.15) is 24.7 Å². The van der Waals surface area contributed by atoms with Crippen LogP contribution in [-0.2, 0) is 10.5 Å². The van der Waals surface area contributed by atoms with E-state index in [1.54, 1.807) is 6.07 Å². The van der Waals surface area contributed by atoms with E-state index < -0.39 is 0 Å². The average molecular weight is 334 g/mol. The molecule has 3 heterocycles. The van der Waals surface area contributed by atoms with Crippen molar-refractivity contribution in [1.82, 2.24) is 30.2 Å². The van der Waals surface area contributed by atoms with Crippen molar-refractivity contribution in [1.29, 1.82) is 0 Å². The first-order valence-corrected chi connectivity index (χ1v) is 8.41. The zero-order chi connectivity index (χ0) is 15.6. The van der Waals surface area contributed by atoms with Crippen LogP contribution in [0.5, 0.6) is 0 Å². The smallest absolute Gasteiger partial charge is 0.210 e. The minimum Gasteiger partial charge on any atom is -0.381 e. The molecule has 0 unspecified atom stereocenters. The molecule has 1 fully saturated rings. The number of ether oxygens (including phenoxy) is 1. The van der Waals surface area contributed by atoms with Gasteiger partial charge in [-0.25, -0.2) is 14.1 Å². The molecular formula is C14H15FN6OS. The number of H-pyrrole nitrogens is 1. The van der Waals surface area contributed by atoms with Crippen LogP contribution in [0.25, 0.3) is 11.0 Å². The van der Waals surface area contributed by atoms with Gasteiger partial charge in [-0.2, -0.15) is 0 Å². The second-order valence-electron chi connectivity index (χ2n) is 5.36. The number of hydrogen-bond acceptors (Lipinski definition) is 6. The summed E-state index contributed by atoms with van der Waals surface area (Å²) in [5, 5.41) is 12.7. The predicted molar refractivity (Wildman–Crippen MR) is 82.5 cm³/mol. The Hall–Kier alpha value is -2.00. The first kappa shape index (κ1) is 14.6. The number of hydrogen-bond donors (Lipinski definition) is 1. The molecule has 0 amide bonds. The molecule has 1 saturated heterocycles. The van der Waals surface area contributed by atoms with Crippen LogP contribution in [0, 0.1) is 5.82 Å². The molecule has 0 bridgehead atoms. The van der Waals surface area contributed by atoms with Gasteiger partial charge >= 0.3 is 0 Å². The van der Waals surface area contributed by atoms with Crippen molar-refractivity contribution in [2.45, 2.75) is 29.8 Å². The van der Waals surface area contributed by atoms with Gasteiger partial charge in [0.2, 0.25) is 5.16 Å². The van der Waals surface area contributed by atoms with Gasteiger partial charge in [-0.1, -0.05) is 17.8 Å². The van der Waals surface area contributed by atoms with Crippen LogP contribution >= 0.6 is 11.8 Å². The first-order chi connectivity index (χ1) is 11.3. The van der Waals surface area contributed by atoms with E-state index in [0.29, 0.717) is 22.6 Å². The van der Waals surface area contributed by atoms with E-state index in [9.17, 15) is 4.39 Å². The van der Waals surface area contributed by atoms with E-state index in [-0.39, 0.29) is 11.9 Å². The summed E-state index contributed by atoms with van der Waals surface area (Å²) in [5.41, 5.74) is 1.07. The molecule has 0 spiro atoms. The van der Waals surface area contributed by atoms with Crippen molar-refractivity contribution in [3.63, 3.8) is 0 Å². The summed E-state index contributed by atoms with van der Waals surface area (Å²) in [6, 6.07) is 5.16. The Balaban J connectivity index is 1.50. The zero-order valence-electron chi connectivity index (χ0n) is 12.3. The van der Waals surface area contributed by atoms with Crippen LogP contribution in [0.15, 0.2) is 23.4 Å². The van der Waals surface area contributed by atoms with E-state index in [4.69, 9.17) is 4.74 Å². The highest BCUT2D eigenvalue weighted by molar-refractivity contribution is 7.98. The maximum atomic E-state index is 13.7. The van der Waals surface area contributed by atoms with Gasteiger partial charge < -0.3 is 9.72 Å². The van der Waals surface area contributed by atoms with Crippen molar-refractivity contribution in [3.8, 4) is 0 Å². The lowest BCUT2D eigenvalue weighted by Crippen LogP contribution is -2.21. The Labute approximate surface area is 135 Å². The number of imidazole rings is 1. The fourth-order valence-electron chi connectivity index (χ4n) is 2.69. The molecule has 0 radical (unpaired) electrons. The average Bonchev–Trinajstić information content (AvgIpc) is 3.21. The Morgan fingerprint density at radius 2 is 2.22 bits per heavy atom. The van der Waals surface area contributed by atoms with Gasteiger partial charge in [0.1, 0.15) is 11.3 Å². The second-order valence-corrected chi connectivity index (χ2v) is 6.30. The summed E-state index contributed by atoms with van der Waals surface area (Å²) >= 11 is 1.49. The van der Waals surface area contributed by atoms with Crippen LogP contribution in [0.4, 0.5) is 4.39 Å². The summed E-state index contributed by atoms with van der Waals surface area (Å²) in [5.74, 6) is 0.941. The first-order valence-electron chi connectivity index (χ1n) is 7.43. The van der Waals surface area contributed by atoms with E-state index >= 15 is 0 Å². The van der Waals surface area contributed by atoms with Gasteiger partial charge in [-0.3, -0.25) is 0 Å². The highest BCUT2D eigenvalue weighted by atomic mass is 32.2. The van der Waals surface area contributed by atoms with Crippen molar-refractivity contribution in [2.75, 3.05) is 13.2 Å². The normalized spacial score (nSPS) is 16.2. The molecule has 1 aromatic carbocycles. The Kier molecular flexibility index (Phi) is 3.96. The summed E-state index contributed by atoms with van der Waals surface area (Å²) in [4.78, 5) is 7.43. The fourth-order valence-corrected chi connectivity index (χ4v) is 3.50. The zero-order valence-corrected chi connectivity index (χ0v) is 13.1. The number of aromatic amines is 1. The SMILES string of the molecule is Fc1cccc2[nH]c(CSc3nnnn3C3CCOCC3)nc12. The third-order valence-corrected chi connectivity index (χ3v) is 4.79. The molecular weight excluding hydrogens is 319 g/mol. The summed E-state index contributed by atoms with van der Waals surface area (Å²) < 4.78 is 20.9. The van der Waals surface area contributed by atoms with Crippen LogP contribution < -0.4 is 0 Å². The van der Waals surface area contributed by atoms with Crippen LogP contribution in [0.2, 0.25) is 0 Å². The number of halogens is 1. The molecule has 0 saturated carbocycles. The van der Waals surface area contributed by atoms with Gasteiger partial charge in [0.15, 0.2) is 5.82 Å². The number of para-hydroxylation sites is 1. The highest BCUT2D eigenvalue weighted by Gasteiger charge is 2.21. The van der Waals surface area contributed by atoms with Gasteiger partial charge in [-0.05, 0) is 35.4 Å². The Morgan fingerprint density at radius 3 is 3.04 bits per heavy atom. The van der Waals surface area contributed by atoms with E-state index in [2.05, 4.69) is 25.5 Å². The van der Waals surface area contributed by atoms with E-state index in [1.165, 1.54) is 17.8 Å². The third-order valence-electron chi connectivity index (χ3n) is 3.85. The van der Waals surface area contributed by atoms with Crippen molar-refractivity contribution >= 4 is 22.8 Å². The molecule has 2 aromatic heterocycles. The topological polar surface area (TPSA) is 81.5 Å². The summed E-state index contributed by atoms with van der Waals surface area (Å²) in [7, 11) is 0. The number of nitrogens with one attached hydrogen (secondary N) is 1.